The van der Waals surface area contributed by atoms with E-state index in [0.717, 1.165) is 11.3 Å². The number of thioether (sulfide) groups is 1. The van der Waals surface area contributed by atoms with Crippen molar-refractivity contribution in [3.8, 4) is 0 Å². The van der Waals surface area contributed by atoms with Crippen LogP contribution in [0, 0.1) is 6.92 Å². The van der Waals surface area contributed by atoms with Gasteiger partial charge >= 0.3 is 0 Å². The molecule has 0 saturated heterocycles. The van der Waals surface area contributed by atoms with E-state index in [1.165, 1.54) is 11.8 Å². The fraction of sp³-hybridized carbons (Fsp3) is 0.214. The molecule has 0 bridgehead atoms. The summed E-state index contributed by atoms with van der Waals surface area (Å²) in [7, 11) is 0. The van der Waals surface area contributed by atoms with E-state index >= 15 is 0 Å². The molecule has 4 nitrogen and oxygen atoms in total. The minimum atomic E-state index is -0.0462. The number of nitrogens with zero attached hydrogens (tertiary/aromatic N) is 2. The van der Waals surface area contributed by atoms with Crippen molar-refractivity contribution in [1.29, 1.82) is 0 Å². The Morgan fingerprint density at radius 1 is 1.30 bits per heavy atom. The highest BCUT2D eigenvalue weighted by Gasteiger charge is 2.05. The first-order valence-corrected chi connectivity index (χ1v) is 7.43. The molecule has 0 aliphatic heterocycles. The minimum absolute atomic E-state index is 0.0462. The Hall–Kier alpha value is -1.59. The smallest absolute Gasteiger partial charge is 0.230 e. The number of aryl methyl sites for hydroxylation is 1. The maximum Gasteiger partial charge on any atom is 0.230 e. The largest absolute Gasteiger partial charge is 0.351 e. The van der Waals surface area contributed by atoms with Gasteiger partial charge in [-0.25, -0.2) is 9.97 Å². The molecule has 2 rings (SSSR count). The summed E-state index contributed by atoms with van der Waals surface area (Å²) < 4.78 is 0. The van der Waals surface area contributed by atoms with Gasteiger partial charge in [-0.3, -0.25) is 4.79 Å². The van der Waals surface area contributed by atoms with Gasteiger partial charge in [-0.1, -0.05) is 35.5 Å². The van der Waals surface area contributed by atoms with Crippen LogP contribution in [0.3, 0.4) is 0 Å². The van der Waals surface area contributed by atoms with Crippen LogP contribution in [0.15, 0.2) is 41.7 Å². The molecule has 2 aromatic rings. The average Bonchev–Trinajstić information content (AvgIpc) is 2.45. The topological polar surface area (TPSA) is 54.9 Å². The second-order valence-electron chi connectivity index (χ2n) is 4.17. The molecule has 1 heterocycles. The van der Waals surface area contributed by atoms with Crippen molar-refractivity contribution in [3.63, 3.8) is 0 Å². The van der Waals surface area contributed by atoms with Crippen molar-refractivity contribution >= 4 is 29.3 Å². The Morgan fingerprint density at radius 3 is 2.75 bits per heavy atom. The van der Waals surface area contributed by atoms with E-state index in [0.29, 0.717) is 22.5 Å². The molecule has 0 aliphatic carbocycles. The third kappa shape index (κ3) is 4.83. The third-order valence-electron chi connectivity index (χ3n) is 2.51. The van der Waals surface area contributed by atoms with Crippen LogP contribution in [0.1, 0.15) is 11.3 Å². The van der Waals surface area contributed by atoms with Crippen molar-refractivity contribution < 1.29 is 4.79 Å². The maximum atomic E-state index is 11.7. The first-order chi connectivity index (χ1) is 9.63. The molecule has 0 fully saturated rings. The summed E-state index contributed by atoms with van der Waals surface area (Å²) in [5.74, 6) is 0.256. The highest BCUT2D eigenvalue weighted by Crippen LogP contribution is 2.12. The number of carbonyl (C=O) groups excluding carboxylic acids is 1. The van der Waals surface area contributed by atoms with Crippen LogP contribution in [0.25, 0.3) is 0 Å². The molecule has 0 radical (unpaired) electrons. The lowest BCUT2D eigenvalue weighted by Gasteiger charge is -2.05. The Bertz CT molecular complexity index is 589. The number of benzene rings is 1. The lowest BCUT2D eigenvalue weighted by atomic mass is 10.2. The van der Waals surface area contributed by atoms with Gasteiger partial charge in [0.2, 0.25) is 5.91 Å². The molecule has 0 aliphatic rings. The molecular formula is C14H14ClN3OS. The van der Waals surface area contributed by atoms with Crippen LogP contribution in [0.5, 0.6) is 0 Å². The quantitative estimate of drug-likeness (QED) is 0.682. The van der Waals surface area contributed by atoms with Crippen LogP contribution in [-0.4, -0.2) is 21.6 Å². The van der Waals surface area contributed by atoms with Crippen LogP contribution < -0.4 is 5.32 Å². The summed E-state index contributed by atoms with van der Waals surface area (Å²) in [4.78, 5) is 20.1. The second kappa shape index (κ2) is 7.26. The fourth-order valence-electron chi connectivity index (χ4n) is 1.48. The Kier molecular flexibility index (Phi) is 5.38. The lowest BCUT2D eigenvalue weighted by molar-refractivity contribution is -0.118. The number of halogens is 1. The summed E-state index contributed by atoms with van der Waals surface area (Å²) in [6.45, 7) is 2.39. The Labute approximate surface area is 127 Å². The minimum Gasteiger partial charge on any atom is -0.351 e. The zero-order valence-corrected chi connectivity index (χ0v) is 12.5. The molecule has 6 heteroatoms. The number of hydrogen-bond donors (Lipinski definition) is 1. The maximum absolute atomic E-state index is 11.7. The predicted molar refractivity (Wildman–Crippen MR) is 80.8 cm³/mol. The lowest BCUT2D eigenvalue weighted by Crippen LogP contribution is -2.24. The van der Waals surface area contributed by atoms with E-state index in [9.17, 15) is 4.79 Å². The normalized spacial score (nSPS) is 10.3. The van der Waals surface area contributed by atoms with Gasteiger partial charge in [0.1, 0.15) is 0 Å². The highest BCUT2D eigenvalue weighted by molar-refractivity contribution is 7.99. The van der Waals surface area contributed by atoms with E-state index < -0.39 is 0 Å². The van der Waals surface area contributed by atoms with Gasteiger partial charge in [0.25, 0.3) is 0 Å². The molecule has 0 unspecified atom stereocenters. The van der Waals surface area contributed by atoms with Crippen LogP contribution in [0.2, 0.25) is 5.02 Å². The molecule has 0 spiro atoms. The molecule has 1 aromatic heterocycles. The molecular weight excluding hydrogens is 294 g/mol. The first kappa shape index (κ1) is 14.8. The molecule has 20 heavy (non-hydrogen) atoms. The van der Waals surface area contributed by atoms with Gasteiger partial charge in [0.15, 0.2) is 5.16 Å². The number of hydrogen-bond acceptors (Lipinski definition) is 4. The fourth-order valence-corrected chi connectivity index (χ4v) is 2.31. The summed E-state index contributed by atoms with van der Waals surface area (Å²) in [6, 6.07) is 9.21. The first-order valence-electron chi connectivity index (χ1n) is 6.07. The number of nitrogens with one attached hydrogen (secondary N) is 1. The van der Waals surface area contributed by atoms with Gasteiger partial charge in [-0.05, 0) is 30.7 Å². The van der Waals surface area contributed by atoms with E-state index in [-0.39, 0.29) is 5.91 Å². The van der Waals surface area contributed by atoms with Crippen LogP contribution >= 0.6 is 23.4 Å². The molecule has 1 N–H and O–H groups in total. The van der Waals surface area contributed by atoms with Gasteiger partial charge in [-0.2, -0.15) is 0 Å². The summed E-state index contributed by atoms with van der Waals surface area (Å²) >= 11 is 7.13. The molecule has 0 atom stereocenters. The third-order valence-corrected chi connectivity index (χ3v) is 3.62. The Balaban J connectivity index is 1.77. The van der Waals surface area contributed by atoms with Gasteiger partial charge in [0.05, 0.1) is 5.75 Å². The summed E-state index contributed by atoms with van der Waals surface area (Å²) in [5.41, 5.74) is 1.91. The Morgan fingerprint density at radius 2 is 2.05 bits per heavy atom. The molecule has 1 aromatic carbocycles. The van der Waals surface area contributed by atoms with Crippen molar-refractivity contribution in [2.24, 2.45) is 0 Å². The van der Waals surface area contributed by atoms with Crippen LogP contribution in [-0.2, 0) is 11.3 Å². The predicted octanol–water partition coefficient (Wildman–Crippen LogP) is 2.85. The molecule has 1 amide bonds. The second-order valence-corrected chi connectivity index (χ2v) is 5.55. The van der Waals surface area contributed by atoms with Gasteiger partial charge < -0.3 is 5.32 Å². The highest BCUT2D eigenvalue weighted by atomic mass is 35.5. The average molecular weight is 308 g/mol. The van der Waals surface area contributed by atoms with Crippen molar-refractivity contribution in [2.75, 3.05) is 5.75 Å². The number of carbonyl (C=O) groups is 1. The number of amides is 1. The van der Waals surface area contributed by atoms with E-state index in [1.807, 2.05) is 25.1 Å². The van der Waals surface area contributed by atoms with E-state index in [4.69, 9.17) is 11.6 Å². The standard InChI is InChI=1S/C14H14ClN3OS/c1-10-6-7-16-14(18-10)20-9-13(19)17-8-11-2-4-12(15)5-3-11/h2-7H,8-9H2,1H3,(H,17,19). The van der Waals surface area contributed by atoms with Gasteiger partial charge in [0, 0.05) is 23.5 Å². The van der Waals surface area contributed by atoms with Crippen molar-refractivity contribution in [1.82, 2.24) is 15.3 Å². The van der Waals surface area contributed by atoms with Crippen molar-refractivity contribution in [3.05, 3.63) is 52.8 Å². The summed E-state index contributed by atoms with van der Waals surface area (Å²) in [5, 5.41) is 4.15. The zero-order chi connectivity index (χ0) is 14.4. The van der Waals surface area contributed by atoms with E-state index in [1.54, 1.807) is 18.3 Å². The number of rotatable bonds is 5. The molecule has 0 saturated carbocycles. The SMILES string of the molecule is Cc1ccnc(SCC(=O)NCc2ccc(Cl)cc2)n1. The van der Waals surface area contributed by atoms with Gasteiger partial charge in [-0.15, -0.1) is 0 Å². The molecule has 104 valence electrons. The van der Waals surface area contributed by atoms with E-state index in [2.05, 4.69) is 15.3 Å². The van der Waals surface area contributed by atoms with Crippen molar-refractivity contribution in [2.45, 2.75) is 18.6 Å². The summed E-state index contributed by atoms with van der Waals surface area (Å²) in [6.07, 6.45) is 1.69. The number of aromatic nitrogens is 2. The zero-order valence-electron chi connectivity index (χ0n) is 11.0. The monoisotopic (exact) mass is 307 g/mol. The van der Waals surface area contributed by atoms with Crippen LogP contribution in [0.4, 0.5) is 0 Å².